The number of aromatic nitrogens is 2. The van der Waals surface area contributed by atoms with Gasteiger partial charge in [-0.2, -0.15) is 0 Å². The van der Waals surface area contributed by atoms with Crippen LogP contribution < -0.4 is 0 Å². The van der Waals surface area contributed by atoms with E-state index in [1.807, 2.05) is 6.20 Å². The first-order chi connectivity index (χ1) is 5.86. The van der Waals surface area contributed by atoms with Crippen molar-refractivity contribution in [1.29, 1.82) is 0 Å². The zero-order valence-corrected chi connectivity index (χ0v) is 7.59. The van der Waals surface area contributed by atoms with E-state index in [2.05, 4.69) is 9.97 Å². The van der Waals surface area contributed by atoms with E-state index in [1.165, 1.54) is 25.7 Å². The van der Waals surface area contributed by atoms with Crippen molar-refractivity contribution >= 4 is 11.6 Å². The van der Waals surface area contributed by atoms with Crippen LogP contribution in [0.5, 0.6) is 0 Å². The van der Waals surface area contributed by atoms with E-state index in [4.69, 9.17) is 11.6 Å². The molecule has 1 aliphatic carbocycles. The third kappa shape index (κ3) is 1.58. The number of rotatable bonds is 1. The molecule has 0 amide bonds. The van der Waals surface area contributed by atoms with Gasteiger partial charge >= 0.3 is 0 Å². The second-order valence-corrected chi connectivity index (χ2v) is 3.64. The summed E-state index contributed by atoms with van der Waals surface area (Å²) < 4.78 is 0. The van der Waals surface area contributed by atoms with Gasteiger partial charge in [-0.15, -0.1) is 0 Å². The summed E-state index contributed by atoms with van der Waals surface area (Å²) in [7, 11) is 0. The molecule has 0 unspecified atom stereocenters. The summed E-state index contributed by atoms with van der Waals surface area (Å²) in [5.41, 5.74) is 1.07. The normalized spacial score (nSPS) is 18.4. The van der Waals surface area contributed by atoms with Gasteiger partial charge in [-0.05, 0) is 12.8 Å². The minimum atomic E-state index is 0.513. The number of halogens is 1. The molecule has 0 bridgehead atoms. The van der Waals surface area contributed by atoms with E-state index < -0.39 is 0 Å². The van der Waals surface area contributed by atoms with Crippen LogP contribution in [0.3, 0.4) is 0 Å². The zero-order chi connectivity index (χ0) is 8.39. The van der Waals surface area contributed by atoms with Crippen LogP contribution in [0.25, 0.3) is 0 Å². The largest absolute Gasteiger partial charge is 0.260 e. The Morgan fingerprint density at radius 2 is 2.00 bits per heavy atom. The third-order valence-electron chi connectivity index (χ3n) is 2.40. The topological polar surface area (TPSA) is 25.8 Å². The minimum Gasteiger partial charge on any atom is -0.260 e. The van der Waals surface area contributed by atoms with E-state index >= 15 is 0 Å². The van der Waals surface area contributed by atoms with Crippen LogP contribution in [0.15, 0.2) is 12.4 Å². The van der Waals surface area contributed by atoms with Gasteiger partial charge in [-0.3, -0.25) is 4.98 Å². The van der Waals surface area contributed by atoms with Gasteiger partial charge in [0.2, 0.25) is 0 Å². The Labute approximate surface area is 77.0 Å². The van der Waals surface area contributed by atoms with Crippen LogP contribution in [0, 0.1) is 0 Å². The molecule has 2 rings (SSSR count). The summed E-state index contributed by atoms with van der Waals surface area (Å²) >= 11 is 5.75. The predicted octanol–water partition coefficient (Wildman–Crippen LogP) is 2.79. The first-order valence-electron chi connectivity index (χ1n) is 4.34. The maximum atomic E-state index is 5.75. The molecule has 0 radical (unpaired) electrons. The average Bonchev–Trinajstić information content (AvgIpc) is 2.56. The van der Waals surface area contributed by atoms with Gasteiger partial charge in [0.15, 0.2) is 0 Å². The average molecular weight is 183 g/mol. The molecule has 1 aliphatic rings. The molecular formula is C9H11ClN2. The fraction of sp³-hybridized carbons (Fsp3) is 0.556. The summed E-state index contributed by atoms with van der Waals surface area (Å²) in [6, 6.07) is 0. The van der Waals surface area contributed by atoms with Crippen molar-refractivity contribution < 1.29 is 0 Å². The van der Waals surface area contributed by atoms with Crippen LogP contribution in [0.2, 0.25) is 5.15 Å². The Kier molecular flexibility index (Phi) is 2.26. The first kappa shape index (κ1) is 7.99. The standard InChI is InChI=1S/C9H11ClN2/c10-9-6-11-5-8(12-9)7-3-1-2-4-7/h5-7H,1-4H2. The highest BCUT2D eigenvalue weighted by molar-refractivity contribution is 6.29. The van der Waals surface area contributed by atoms with Crippen LogP contribution in [0.4, 0.5) is 0 Å². The molecule has 0 atom stereocenters. The third-order valence-corrected chi connectivity index (χ3v) is 2.58. The summed E-state index contributed by atoms with van der Waals surface area (Å²) in [6.45, 7) is 0. The summed E-state index contributed by atoms with van der Waals surface area (Å²) in [5, 5.41) is 0.513. The molecule has 0 aromatic carbocycles. The molecule has 1 heterocycles. The van der Waals surface area contributed by atoms with E-state index in [9.17, 15) is 0 Å². The molecule has 2 nitrogen and oxygen atoms in total. The molecule has 1 saturated carbocycles. The fourth-order valence-electron chi connectivity index (χ4n) is 1.77. The van der Waals surface area contributed by atoms with Gasteiger partial charge in [0.05, 0.1) is 11.9 Å². The molecule has 1 fully saturated rings. The van der Waals surface area contributed by atoms with Crippen molar-refractivity contribution in [2.24, 2.45) is 0 Å². The zero-order valence-electron chi connectivity index (χ0n) is 6.83. The van der Waals surface area contributed by atoms with Crippen LogP contribution in [0.1, 0.15) is 37.3 Å². The van der Waals surface area contributed by atoms with Crippen molar-refractivity contribution in [3.63, 3.8) is 0 Å². The van der Waals surface area contributed by atoms with Gasteiger partial charge in [-0.25, -0.2) is 4.98 Å². The van der Waals surface area contributed by atoms with E-state index in [0.29, 0.717) is 11.1 Å². The maximum Gasteiger partial charge on any atom is 0.147 e. The second kappa shape index (κ2) is 3.40. The van der Waals surface area contributed by atoms with Crippen molar-refractivity contribution in [2.45, 2.75) is 31.6 Å². The second-order valence-electron chi connectivity index (χ2n) is 3.25. The molecule has 0 aliphatic heterocycles. The smallest absolute Gasteiger partial charge is 0.147 e. The Morgan fingerprint density at radius 3 is 2.67 bits per heavy atom. The monoisotopic (exact) mass is 182 g/mol. The van der Waals surface area contributed by atoms with Crippen LogP contribution in [-0.4, -0.2) is 9.97 Å². The van der Waals surface area contributed by atoms with Gasteiger partial charge < -0.3 is 0 Å². The van der Waals surface area contributed by atoms with E-state index in [1.54, 1.807) is 6.20 Å². The van der Waals surface area contributed by atoms with Gasteiger partial charge in [0.25, 0.3) is 0 Å². The lowest BCUT2D eigenvalue weighted by molar-refractivity contribution is 0.692. The van der Waals surface area contributed by atoms with Crippen LogP contribution >= 0.6 is 11.6 Å². The lowest BCUT2D eigenvalue weighted by Crippen LogP contribution is -1.96. The SMILES string of the molecule is Clc1cncc(C2CCCC2)n1. The molecule has 0 saturated heterocycles. The van der Waals surface area contributed by atoms with E-state index in [-0.39, 0.29) is 0 Å². The molecule has 1 aromatic rings. The molecular weight excluding hydrogens is 172 g/mol. The molecule has 1 aromatic heterocycles. The molecule has 0 N–H and O–H groups in total. The number of hydrogen-bond donors (Lipinski definition) is 0. The predicted molar refractivity (Wildman–Crippen MR) is 48.3 cm³/mol. The summed E-state index contributed by atoms with van der Waals surface area (Å²) in [4.78, 5) is 8.29. The Hall–Kier alpha value is -0.630. The van der Waals surface area contributed by atoms with E-state index in [0.717, 1.165) is 5.69 Å². The van der Waals surface area contributed by atoms with Crippen LogP contribution in [-0.2, 0) is 0 Å². The highest BCUT2D eigenvalue weighted by atomic mass is 35.5. The summed E-state index contributed by atoms with van der Waals surface area (Å²) in [6.07, 6.45) is 8.55. The van der Waals surface area contributed by atoms with Gasteiger partial charge in [0, 0.05) is 12.1 Å². The van der Waals surface area contributed by atoms with Gasteiger partial charge in [0.1, 0.15) is 5.15 Å². The van der Waals surface area contributed by atoms with Crippen molar-refractivity contribution in [3.8, 4) is 0 Å². The number of hydrogen-bond acceptors (Lipinski definition) is 2. The van der Waals surface area contributed by atoms with Crippen molar-refractivity contribution in [2.75, 3.05) is 0 Å². The highest BCUT2D eigenvalue weighted by Gasteiger charge is 2.18. The van der Waals surface area contributed by atoms with Crippen molar-refractivity contribution in [1.82, 2.24) is 9.97 Å². The molecule has 0 spiro atoms. The molecule has 64 valence electrons. The fourth-order valence-corrected chi connectivity index (χ4v) is 1.93. The number of nitrogens with zero attached hydrogens (tertiary/aromatic N) is 2. The lowest BCUT2D eigenvalue weighted by Gasteiger charge is -2.06. The molecule has 12 heavy (non-hydrogen) atoms. The highest BCUT2D eigenvalue weighted by Crippen LogP contribution is 2.32. The first-order valence-corrected chi connectivity index (χ1v) is 4.71. The Balaban J connectivity index is 2.21. The minimum absolute atomic E-state index is 0.513. The quantitative estimate of drug-likeness (QED) is 0.668. The Bertz CT molecular complexity index is 269. The lowest BCUT2D eigenvalue weighted by atomic mass is 10.1. The maximum absolute atomic E-state index is 5.75. The Morgan fingerprint density at radius 1 is 1.25 bits per heavy atom. The van der Waals surface area contributed by atoms with Gasteiger partial charge in [-0.1, -0.05) is 24.4 Å². The summed E-state index contributed by atoms with van der Waals surface area (Å²) in [5.74, 6) is 0.608. The van der Waals surface area contributed by atoms with Crippen molar-refractivity contribution in [3.05, 3.63) is 23.2 Å². The molecule has 3 heteroatoms.